The van der Waals surface area contributed by atoms with Gasteiger partial charge >= 0.3 is 18.0 Å². The van der Waals surface area contributed by atoms with E-state index in [1.165, 1.54) is 11.8 Å². The molecular formula is C20H29NO6. The Labute approximate surface area is 160 Å². The van der Waals surface area contributed by atoms with Crippen LogP contribution in [0.2, 0.25) is 0 Å². The highest BCUT2D eigenvalue weighted by molar-refractivity contribution is 5.72. The van der Waals surface area contributed by atoms with E-state index in [0.29, 0.717) is 13.0 Å². The normalized spacial score (nSPS) is 10.8. The van der Waals surface area contributed by atoms with E-state index < -0.39 is 11.7 Å². The molecule has 0 aromatic heterocycles. The minimum atomic E-state index is -0.578. The first-order chi connectivity index (χ1) is 12.7. The highest BCUT2D eigenvalue weighted by Crippen LogP contribution is 2.10. The molecule has 0 saturated carbocycles. The van der Waals surface area contributed by atoms with Crippen molar-refractivity contribution in [1.29, 1.82) is 0 Å². The molecule has 0 atom stereocenters. The lowest BCUT2D eigenvalue weighted by Crippen LogP contribution is -2.36. The molecule has 0 saturated heterocycles. The van der Waals surface area contributed by atoms with Gasteiger partial charge in [0, 0.05) is 20.0 Å². The average molecular weight is 379 g/mol. The summed E-state index contributed by atoms with van der Waals surface area (Å²) in [5.41, 5.74) is 0.295. The number of esters is 2. The van der Waals surface area contributed by atoms with Gasteiger partial charge in [-0.05, 0) is 32.8 Å². The molecule has 1 rings (SSSR count). The number of hydrogen-bond acceptors (Lipinski definition) is 6. The third kappa shape index (κ3) is 10.9. The summed E-state index contributed by atoms with van der Waals surface area (Å²) in [7, 11) is 0. The Hall–Kier alpha value is -2.57. The van der Waals surface area contributed by atoms with E-state index in [4.69, 9.17) is 14.2 Å². The molecule has 0 aliphatic rings. The van der Waals surface area contributed by atoms with Gasteiger partial charge in [-0.15, -0.1) is 0 Å². The molecule has 1 amide bonds. The molecule has 0 aliphatic carbocycles. The number of amides is 1. The molecule has 0 spiro atoms. The van der Waals surface area contributed by atoms with Crippen molar-refractivity contribution in [2.75, 3.05) is 19.7 Å². The van der Waals surface area contributed by atoms with Gasteiger partial charge in [-0.2, -0.15) is 0 Å². The van der Waals surface area contributed by atoms with Gasteiger partial charge in [-0.25, -0.2) is 4.79 Å². The van der Waals surface area contributed by atoms with Crippen molar-refractivity contribution >= 4 is 18.0 Å². The lowest BCUT2D eigenvalue weighted by molar-refractivity contribution is -0.155. The number of nitrogens with zero attached hydrogens (tertiary/aromatic N) is 1. The summed E-state index contributed by atoms with van der Waals surface area (Å²) >= 11 is 0. The predicted molar refractivity (Wildman–Crippen MR) is 99.9 cm³/mol. The quantitative estimate of drug-likeness (QED) is 0.372. The maximum atomic E-state index is 12.4. The van der Waals surface area contributed by atoms with Gasteiger partial charge < -0.3 is 19.1 Å². The van der Waals surface area contributed by atoms with Crippen molar-refractivity contribution < 1.29 is 28.6 Å². The lowest BCUT2D eigenvalue weighted by Gasteiger charge is -2.23. The van der Waals surface area contributed by atoms with Crippen LogP contribution < -0.4 is 0 Å². The zero-order chi connectivity index (χ0) is 20.3. The van der Waals surface area contributed by atoms with E-state index in [9.17, 15) is 14.4 Å². The number of ether oxygens (including phenoxy) is 3. The Morgan fingerprint density at radius 3 is 2.26 bits per heavy atom. The van der Waals surface area contributed by atoms with Gasteiger partial charge in [-0.1, -0.05) is 30.3 Å². The second kappa shape index (κ2) is 11.2. The number of carbonyl (C=O) groups is 3. The summed E-state index contributed by atoms with van der Waals surface area (Å²) in [5.74, 6) is -0.759. The van der Waals surface area contributed by atoms with E-state index in [1.807, 2.05) is 30.3 Å². The van der Waals surface area contributed by atoms with Crippen molar-refractivity contribution in [1.82, 2.24) is 4.90 Å². The molecule has 7 nitrogen and oxygen atoms in total. The van der Waals surface area contributed by atoms with Crippen LogP contribution >= 0.6 is 0 Å². The molecule has 0 heterocycles. The van der Waals surface area contributed by atoms with Crippen molar-refractivity contribution in [3.8, 4) is 0 Å². The molecule has 0 bridgehead atoms. The minimum absolute atomic E-state index is 0.0608. The third-order valence-corrected chi connectivity index (χ3v) is 3.35. The Morgan fingerprint density at radius 2 is 1.67 bits per heavy atom. The Kier molecular flexibility index (Phi) is 9.33. The fraction of sp³-hybridized carbons (Fsp3) is 0.550. The smallest absolute Gasteiger partial charge is 0.410 e. The molecule has 27 heavy (non-hydrogen) atoms. The van der Waals surface area contributed by atoms with Crippen LogP contribution in [-0.4, -0.2) is 48.2 Å². The van der Waals surface area contributed by atoms with Crippen LogP contribution in [0.1, 0.15) is 46.1 Å². The van der Waals surface area contributed by atoms with Crippen molar-refractivity contribution in [3.63, 3.8) is 0 Å². The molecule has 0 unspecified atom stereocenters. The number of hydrogen-bond donors (Lipinski definition) is 0. The van der Waals surface area contributed by atoms with Crippen molar-refractivity contribution in [2.24, 2.45) is 0 Å². The molecule has 0 radical (unpaired) electrons. The van der Waals surface area contributed by atoms with Gasteiger partial charge in [0.1, 0.15) is 12.2 Å². The van der Waals surface area contributed by atoms with E-state index >= 15 is 0 Å². The highest BCUT2D eigenvalue weighted by atomic mass is 16.6. The van der Waals surface area contributed by atoms with Crippen LogP contribution in [0, 0.1) is 0 Å². The standard InChI is InChI=1S/C20H29NO6/c1-16(22)25-14-8-12-21(13-11-18(23)27-20(2,3)4)19(24)26-15-17-9-6-5-7-10-17/h5-7,9-10H,8,11-15H2,1-4H3. The zero-order valence-corrected chi connectivity index (χ0v) is 16.5. The molecule has 1 aromatic rings. The third-order valence-electron chi connectivity index (χ3n) is 3.35. The van der Waals surface area contributed by atoms with E-state index in [-0.39, 0.29) is 38.1 Å². The lowest BCUT2D eigenvalue weighted by atomic mass is 10.2. The summed E-state index contributed by atoms with van der Waals surface area (Å²) in [6.45, 7) is 7.51. The van der Waals surface area contributed by atoms with Gasteiger partial charge in [0.15, 0.2) is 0 Å². The number of carbonyl (C=O) groups excluding carboxylic acids is 3. The van der Waals surface area contributed by atoms with E-state index in [1.54, 1.807) is 20.8 Å². The number of rotatable bonds is 9. The minimum Gasteiger partial charge on any atom is -0.466 e. The number of benzene rings is 1. The Balaban J connectivity index is 2.55. The summed E-state index contributed by atoms with van der Waals surface area (Å²) in [4.78, 5) is 36.6. The SMILES string of the molecule is CC(=O)OCCCN(CCC(=O)OC(C)(C)C)C(=O)OCc1ccccc1. The van der Waals surface area contributed by atoms with Gasteiger partial charge in [0.2, 0.25) is 0 Å². The van der Waals surface area contributed by atoms with Crippen LogP contribution in [0.15, 0.2) is 30.3 Å². The second-order valence-corrected chi connectivity index (χ2v) is 7.06. The molecule has 150 valence electrons. The molecule has 1 aromatic carbocycles. The van der Waals surface area contributed by atoms with E-state index in [2.05, 4.69) is 0 Å². The predicted octanol–water partition coefficient (Wildman–Crippen LogP) is 3.31. The van der Waals surface area contributed by atoms with Crippen LogP contribution in [0.25, 0.3) is 0 Å². The maximum absolute atomic E-state index is 12.4. The average Bonchev–Trinajstić information content (AvgIpc) is 2.58. The molecular weight excluding hydrogens is 350 g/mol. The van der Waals surface area contributed by atoms with Crippen LogP contribution in [0.3, 0.4) is 0 Å². The maximum Gasteiger partial charge on any atom is 0.410 e. The van der Waals surface area contributed by atoms with Gasteiger partial charge in [0.25, 0.3) is 0 Å². The monoisotopic (exact) mass is 379 g/mol. The Bertz CT molecular complexity index is 609. The fourth-order valence-electron chi connectivity index (χ4n) is 2.20. The van der Waals surface area contributed by atoms with E-state index in [0.717, 1.165) is 5.56 Å². The summed E-state index contributed by atoms with van der Waals surface area (Å²) in [5, 5.41) is 0. The van der Waals surface area contributed by atoms with Gasteiger partial charge in [-0.3, -0.25) is 9.59 Å². The van der Waals surface area contributed by atoms with Crippen molar-refractivity contribution in [3.05, 3.63) is 35.9 Å². The Morgan fingerprint density at radius 1 is 1.00 bits per heavy atom. The molecule has 0 aliphatic heterocycles. The molecule has 0 N–H and O–H groups in total. The summed E-state index contributed by atoms with van der Waals surface area (Å²) in [6, 6.07) is 9.33. The van der Waals surface area contributed by atoms with Gasteiger partial charge in [0.05, 0.1) is 13.0 Å². The fourth-order valence-corrected chi connectivity index (χ4v) is 2.20. The molecule has 7 heteroatoms. The summed E-state index contributed by atoms with van der Waals surface area (Å²) < 4.78 is 15.5. The zero-order valence-electron chi connectivity index (χ0n) is 16.5. The largest absolute Gasteiger partial charge is 0.466 e. The molecule has 0 fully saturated rings. The summed E-state index contributed by atoms with van der Waals surface area (Å²) in [6.07, 6.45) is -0.00943. The second-order valence-electron chi connectivity index (χ2n) is 7.06. The topological polar surface area (TPSA) is 82.1 Å². The first-order valence-electron chi connectivity index (χ1n) is 8.98. The van der Waals surface area contributed by atoms with Crippen LogP contribution in [-0.2, 0) is 30.4 Å². The van der Waals surface area contributed by atoms with Crippen LogP contribution in [0.5, 0.6) is 0 Å². The van der Waals surface area contributed by atoms with Crippen molar-refractivity contribution in [2.45, 2.75) is 52.7 Å². The first kappa shape index (κ1) is 22.5. The van der Waals surface area contributed by atoms with Crippen LogP contribution in [0.4, 0.5) is 4.79 Å². The highest BCUT2D eigenvalue weighted by Gasteiger charge is 2.20. The first-order valence-corrected chi connectivity index (χ1v) is 8.98.